The van der Waals surface area contributed by atoms with E-state index in [1.54, 1.807) is 0 Å². The van der Waals surface area contributed by atoms with Gasteiger partial charge < -0.3 is 5.73 Å². The van der Waals surface area contributed by atoms with Crippen molar-refractivity contribution in [1.29, 1.82) is 0 Å². The van der Waals surface area contributed by atoms with Gasteiger partial charge in [-0.25, -0.2) is 0 Å². The van der Waals surface area contributed by atoms with Gasteiger partial charge in [0, 0.05) is 18.6 Å². The topological polar surface area (TPSA) is 29.3 Å². The fraction of sp³-hybridized carbons (Fsp3) is 1.00. The molecule has 1 aliphatic heterocycles. The molecule has 3 unspecified atom stereocenters. The van der Waals surface area contributed by atoms with Gasteiger partial charge in [-0.2, -0.15) is 0 Å². The van der Waals surface area contributed by atoms with Gasteiger partial charge in [-0.3, -0.25) is 4.90 Å². The van der Waals surface area contributed by atoms with Gasteiger partial charge >= 0.3 is 0 Å². The molecule has 0 aromatic rings. The van der Waals surface area contributed by atoms with E-state index in [0.29, 0.717) is 0 Å². The van der Waals surface area contributed by atoms with Crippen LogP contribution in [0.5, 0.6) is 0 Å². The highest BCUT2D eigenvalue weighted by atomic mass is 15.2. The van der Waals surface area contributed by atoms with Gasteiger partial charge in [0.1, 0.15) is 0 Å². The summed E-state index contributed by atoms with van der Waals surface area (Å²) in [4.78, 5) is 2.85. The third-order valence-corrected chi connectivity index (χ3v) is 5.12. The predicted octanol–water partition coefficient (Wildman–Crippen LogP) is 1.99. The summed E-state index contributed by atoms with van der Waals surface area (Å²) in [5.41, 5.74) is 5.87. The van der Waals surface area contributed by atoms with Crippen molar-refractivity contribution >= 4 is 0 Å². The Morgan fingerprint density at radius 1 is 1.00 bits per heavy atom. The lowest BCUT2D eigenvalue weighted by atomic mass is 9.80. The van der Waals surface area contributed by atoms with E-state index in [4.69, 9.17) is 5.73 Å². The van der Waals surface area contributed by atoms with Crippen molar-refractivity contribution in [1.82, 2.24) is 4.90 Å². The largest absolute Gasteiger partial charge is 0.330 e. The van der Waals surface area contributed by atoms with E-state index in [1.165, 1.54) is 51.5 Å². The molecule has 15 heavy (non-hydrogen) atoms. The van der Waals surface area contributed by atoms with Gasteiger partial charge in [-0.15, -0.1) is 0 Å². The van der Waals surface area contributed by atoms with Gasteiger partial charge in [0.05, 0.1) is 0 Å². The second-order valence-corrected chi connectivity index (χ2v) is 5.86. The smallest absolute Gasteiger partial charge is 0.0102 e. The van der Waals surface area contributed by atoms with Crippen LogP contribution in [0.1, 0.15) is 44.9 Å². The van der Waals surface area contributed by atoms with Crippen LogP contribution in [0, 0.1) is 11.8 Å². The minimum Gasteiger partial charge on any atom is -0.330 e. The minimum atomic E-state index is 0.840. The third-order valence-electron chi connectivity index (χ3n) is 5.12. The maximum Gasteiger partial charge on any atom is 0.0102 e. The number of hydrogen-bond acceptors (Lipinski definition) is 2. The van der Waals surface area contributed by atoms with Gasteiger partial charge in [0.2, 0.25) is 0 Å². The Morgan fingerprint density at radius 2 is 1.80 bits per heavy atom. The van der Waals surface area contributed by atoms with Crippen molar-refractivity contribution in [2.24, 2.45) is 17.6 Å². The first-order chi connectivity index (χ1) is 7.38. The molecule has 1 saturated heterocycles. The van der Waals surface area contributed by atoms with Crippen LogP contribution in [0.3, 0.4) is 0 Å². The summed E-state index contributed by atoms with van der Waals surface area (Å²) in [6, 6.07) is 1.87. The molecular weight excluding hydrogens is 184 g/mol. The Morgan fingerprint density at radius 3 is 2.53 bits per heavy atom. The zero-order chi connectivity index (χ0) is 10.3. The average Bonchev–Trinajstić information content (AvgIpc) is 2.87. The van der Waals surface area contributed by atoms with E-state index < -0.39 is 0 Å². The SMILES string of the molecule is NCC1CCC2CC1CN2C1CCCC1. The highest BCUT2D eigenvalue weighted by Gasteiger charge is 2.42. The molecule has 2 aliphatic carbocycles. The summed E-state index contributed by atoms with van der Waals surface area (Å²) in [7, 11) is 0. The molecule has 0 spiro atoms. The average molecular weight is 208 g/mol. The molecule has 2 saturated carbocycles. The molecule has 2 heteroatoms. The van der Waals surface area contributed by atoms with Crippen molar-refractivity contribution in [3.05, 3.63) is 0 Å². The highest BCUT2D eigenvalue weighted by molar-refractivity contribution is 4.97. The molecule has 0 aromatic heterocycles. The molecule has 3 rings (SSSR count). The molecule has 2 N–H and O–H groups in total. The molecule has 1 heterocycles. The summed E-state index contributed by atoms with van der Waals surface area (Å²) in [5.74, 6) is 1.78. The fourth-order valence-corrected chi connectivity index (χ4v) is 4.24. The van der Waals surface area contributed by atoms with E-state index in [-0.39, 0.29) is 0 Å². The van der Waals surface area contributed by atoms with Crippen LogP contribution in [0.4, 0.5) is 0 Å². The van der Waals surface area contributed by atoms with Crippen LogP contribution in [0.2, 0.25) is 0 Å². The molecule has 0 aromatic carbocycles. The van der Waals surface area contributed by atoms with Crippen LogP contribution in [0.15, 0.2) is 0 Å². The monoisotopic (exact) mass is 208 g/mol. The van der Waals surface area contributed by atoms with Crippen LogP contribution in [0.25, 0.3) is 0 Å². The predicted molar refractivity (Wildman–Crippen MR) is 62.6 cm³/mol. The van der Waals surface area contributed by atoms with E-state index in [1.807, 2.05) is 0 Å². The number of hydrogen-bond donors (Lipinski definition) is 1. The van der Waals surface area contributed by atoms with Gasteiger partial charge in [-0.1, -0.05) is 12.8 Å². The molecule has 86 valence electrons. The second-order valence-electron chi connectivity index (χ2n) is 5.86. The molecular formula is C13H24N2. The normalized spacial score (nSPS) is 42.6. The quantitative estimate of drug-likeness (QED) is 0.752. The lowest BCUT2D eigenvalue weighted by Crippen LogP contribution is -2.37. The van der Waals surface area contributed by atoms with Crippen LogP contribution in [-0.4, -0.2) is 30.1 Å². The van der Waals surface area contributed by atoms with Crippen molar-refractivity contribution in [2.75, 3.05) is 13.1 Å². The molecule has 0 radical (unpaired) electrons. The highest BCUT2D eigenvalue weighted by Crippen LogP contribution is 2.42. The van der Waals surface area contributed by atoms with Gasteiger partial charge in [0.25, 0.3) is 0 Å². The van der Waals surface area contributed by atoms with Crippen LogP contribution < -0.4 is 5.73 Å². The van der Waals surface area contributed by atoms with Crippen molar-refractivity contribution in [3.8, 4) is 0 Å². The Labute approximate surface area is 93.2 Å². The second kappa shape index (κ2) is 4.06. The molecule has 3 atom stereocenters. The molecule has 2 nitrogen and oxygen atoms in total. The summed E-state index contributed by atoms with van der Waals surface area (Å²) >= 11 is 0. The van der Waals surface area contributed by atoms with E-state index in [2.05, 4.69) is 4.90 Å². The number of fused-ring (bicyclic) bond motifs is 2. The first-order valence-electron chi connectivity index (χ1n) is 6.84. The molecule has 3 fully saturated rings. The zero-order valence-corrected chi connectivity index (χ0v) is 9.70. The lowest BCUT2D eigenvalue weighted by molar-refractivity contribution is 0.175. The number of nitrogens with zero attached hydrogens (tertiary/aromatic N) is 1. The number of nitrogens with two attached hydrogens (primary N) is 1. The van der Waals surface area contributed by atoms with E-state index >= 15 is 0 Å². The van der Waals surface area contributed by atoms with E-state index in [9.17, 15) is 0 Å². The summed E-state index contributed by atoms with van der Waals surface area (Å²) in [5, 5.41) is 0. The maximum absolute atomic E-state index is 5.87. The van der Waals surface area contributed by atoms with Crippen LogP contribution >= 0.6 is 0 Å². The molecule has 0 amide bonds. The van der Waals surface area contributed by atoms with Gasteiger partial charge in [0.15, 0.2) is 0 Å². The Kier molecular flexibility index (Phi) is 2.73. The Bertz CT molecular complexity index is 223. The van der Waals surface area contributed by atoms with Crippen molar-refractivity contribution in [3.63, 3.8) is 0 Å². The van der Waals surface area contributed by atoms with Gasteiger partial charge in [-0.05, 0) is 50.5 Å². The zero-order valence-electron chi connectivity index (χ0n) is 9.70. The summed E-state index contributed by atoms with van der Waals surface area (Å²) in [6.07, 6.45) is 10.2. The summed E-state index contributed by atoms with van der Waals surface area (Å²) < 4.78 is 0. The Hall–Kier alpha value is -0.0800. The minimum absolute atomic E-state index is 0.840. The number of rotatable bonds is 2. The fourth-order valence-electron chi connectivity index (χ4n) is 4.24. The first-order valence-corrected chi connectivity index (χ1v) is 6.84. The summed E-state index contributed by atoms with van der Waals surface area (Å²) in [6.45, 7) is 2.30. The van der Waals surface area contributed by atoms with Crippen molar-refractivity contribution < 1.29 is 0 Å². The lowest BCUT2D eigenvalue weighted by Gasteiger charge is -2.30. The Balaban J connectivity index is 1.68. The number of likely N-dealkylation sites (tertiary alicyclic amines) is 1. The maximum atomic E-state index is 5.87. The van der Waals surface area contributed by atoms with E-state index in [0.717, 1.165) is 30.5 Å². The third kappa shape index (κ3) is 1.72. The van der Waals surface area contributed by atoms with Crippen LogP contribution in [-0.2, 0) is 0 Å². The van der Waals surface area contributed by atoms with Crippen molar-refractivity contribution in [2.45, 2.75) is 57.0 Å². The molecule has 2 bridgehead atoms. The first kappa shape index (κ1) is 10.1. The standard InChI is InChI=1S/C13H24N2/c14-8-10-5-6-13-7-11(10)9-15(13)12-3-1-2-4-12/h10-13H,1-9,14H2. The molecule has 3 aliphatic rings.